The van der Waals surface area contributed by atoms with Crippen LogP contribution in [0.5, 0.6) is 0 Å². The summed E-state index contributed by atoms with van der Waals surface area (Å²) in [5.41, 5.74) is 10.4. The zero-order chi connectivity index (χ0) is 10.7. The van der Waals surface area contributed by atoms with Crippen LogP contribution in [0.2, 0.25) is 0 Å². The predicted molar refractivity (Wildman–Crippen MR) is 58.0 cm³/mol. The Balaban J connectivity index is 3.02. The Labute approximate surface area is 85.1 Å². The third kappa shape index (κ3) is 2.42. The minimum Gasteiger partial charge on any atom is -0.321 e. The molecule has 1 aromatic rings. The van der Waals surface area contributed by atoms with Gasteiger partial charge >= 0.3 is 0 Å². The highest BCUT2D eigenvalue weighted by Gasteiger charge is 2.08. The first-order valence-corrected chi connectivity index (χ1v) is 4.74. The molecule has 2 N–H and O–H groups in total. The standard InChI is InChI=1S/C12H16NO/c1-8-4-9(2)12(10(3)5-8)6-11(13)7-14/h4-5,11H,6,13H2,1-3H3/t11-/m0/s1. The lowest BCUT2D eigenvalue weighted by atomic mass is 9.95. The van der Waals surface area contributed by atoms with Crippen LogP contribution in [0.4, 0.5) is 0 Å². The van der Waals surface area contributed by atoms with Gasteiger partial charge in [-0.15, -0.1) is 0 Å². The highest BCUT2D eigenvalue weighted by Crippen LogP contribution is 2.17. The number of carbonyl (C=O) groups excluding carboxylic acids is 1. The Bertz CT molecular complexity index is 321. The summed E-state index contributed by atoms with van der Waals surface area (Å²) in [5.74, 6) is 0. The van der Waals surface area contributed by atoms with Crippen molar-refractivity contribution >= 4 is 6.29 Å². The second-order valence-corrected chi connectivity index (χ2v) is 3.81. The lowest BCUT2D eigenvalue weighted by Gasteiger charge is -2.12. The Morgan fingerprint density at radius 2 is 1.79 bits per heavy atom. The molecule has 2 heteroatoms. The van der Waals surface area contributed by atoms with Gasteiger partial charge in [-0.1, -0.05) is 17.7 Å². The largest absolute Gasteiger partial charge is 0.321 e. The molecule has 0 unspecified atom stereocenters. The fourth-order valence-corrected chi connectivity index (χ4v) is 1.79. The summed E-state index contributed by atoms with van der Waals surface area (Å²) >= 11 is 0. The number of nitrogens with two attached hydrogens (primary N) is 1. The van der Waals surface area contributed by atoms with Gasteiger partial charge in [0.05, 0.1) is 6.04 Å². The first kappa shape index (κ1) is 10.9. The van der Waals surface area contributed by atoms with Crippen molar-refractivity contribution in [2.45, 2.75) is 33.2 Å². The fourth-order valence-electron chi connectivity index (χ4n) is 1.79. The lowest BCUT2D eigenvalue weighted by molar-refractivity contribution is 0.540. The molecule has 0 saturated heterocycles. The summed E-state index contributed by atoms with van der Waals surface area (Å²) < 4.78 is 0. The zero-order valence-electron chi connectivity index (χ0n) is 8.92. The smallest absolute Gasteiger partial charge is 0.217 e. The van der Waals surface area contributed by atoms with Gasteiger partial charge in [0.2, 0.25) is 6.29 Å². The molecule has 0 amide bonds. The van der Waals surface area contributed by atoms with Gasteiger partial charge in [-0.05, 0) is 43.9 Å². The molecule has 0 bridgehead atoms. The minimum atomic E-state index is -0.505. The molecule has 0 heterocycles. The summed E-state index contributed by atoms with van der Waals surface area (Å²) in [5, 5.41) is 0. The second kappa shape index (κ2) is 4.38. The van der Waals surface area contributed by atoms with Crippen LogP contribution < -0.4 is 5.73 Å². The average Bonchev–Trinajstić information content (AvgIpc) is 2.10. The molecule has 0 aliphatic carbocycles. The van der Waals surface area contributed by atoms with E-state index in [9.17, 15) is 4.79 Å². The Morgan fingerprint density at radius 3 is 2.21 bits per heavy atom. The van der Waals surface area contributed by atoms with E-state index in [1.807, 2.05) is 20.1 Å². The van der Waals surface area contributed by atoms with Crippen LogP contribution in [0.3, 0.4) is 0 Å². The molecule has 14 heavy (non-hydrogen) atoms. The SMILES string of the molecule is Cc1cc(C)c(C[C@H](N)[C]=O)c(C)c1. The van der Waals surface area contributed by atoms with Crippen molar-refractivity contribution in [3.8, 4) is 0 Å². The van der Waals surface area contributed by atoms with E-state index >= 15 is 0 Å². The molecule has 75 valence electrons. The summed E-state index contributed by atoms with van der Waals surface area (Å²) in [4.78, 5) is 10.3. The third-order valence-electron chi connectivity index (χ3n) is 2.42. The van der Waals surface area contributed by atoms with Crippen LogP contribution >= 0.6 is 0 Å². The molecule has 1 radical (unpaired) electrons. The summed E-state index contributed by atoms with van der Waals surface area (Å²) in [6, 6.07) is 3.72. The Morgan fingerprint density at radius 1 is 1.29 bits per heavy atom. The molecule has 1 atom stereocenters. The molecule has 1 aromatic carbocycles. The highest BCUT2D eigenvalue weighted by molar-refractivity contribution is 5.59. The van der Waals surface area contributed by atoms with Gasteiger partial charge in [0.15, 0.2) is 0 Å². The number of rotatable bonds is 3. The topological polar surface area (TPSA) is 43.1 Å². The maximum absolute atomic E-state index is 10.3. The van der Waals surface area contributed by atoms with Gasteiger partial charge in [-0.25, -0.2) is 0 Å². The van der Waals surface area contributed by atoms with Gasteiger partial charge in [-0.2, -0.15) is 0 Å². The van der Waals surface area contributed by atoms with Gasteiger partial charge < -0.3 is 5.73 Å². The van der Waals surface area contributed by atoms with Gasteiger partial charge in [0.1, 0.15) is 0 Å². The van der Waals surface area contributed by atoms with Crippen molar-refractivity contribution in [1.82, 2.24) is 0 Å². The quantitative estimate of drug-likeness (QED) is 0.786. The van der Waals surface area contributed by atoms with Crippen LogP contribution in [0.15, 0.2) is 12.1 Å². The van der Waals surface area contributed by atoms with E-state index in [1.54, 1.807) is 0 Å². The van der Waals surface area contributed by atoms with Gasteiger partial charge in [0, 0.05) is 0 Å². The first-order chi connectivity index (χ1) is 6.54. The molecular weight excluding hydrogens is 174 g/mol. The van der Waals surface area contributed by atoms with E-state index in [-0.39, 0.29) is 0 Å². The molecule has 0 saturated carbocycles. The average molecular weight is 190 g/mol. The lowest BCUT2D eigenvalue weighted by Crippen LogP contribution is -2.25. The van der Waals surface area contributed by atoms with Crippen molar-refractivity contribution < 1.29 is 4.79 Å². The molecule has 2 nitrogen and oxygen atoms in total. The van der Waals surface area contributed by atoms with E-state index in [2.05, 4.69) is 19.1 Å². The second-order valence-electron chi connectivity index (χ2n) is 3.81. The van der Waals surface area contributed by atoms with Crippen molar-refractivity contribution in [3.63, 3.8) is 0 Å². The van der Waals surface area contributed by atoms with Gasteiger partial charge in [-0.3, -0.25) is 4.79 Å². The maximum atomic E-state index is 10.3. The van der Waals surface area contributed by atoms with E-state index < -0.39 is 6.04 Å². The van der Waals surface area contributed by atoms with Crippen molar-refractivity contribution in [1.29, 1.82) is 0 Å². The van der Waals surface area contributed by atoms with Gasteiger partial charge in [0.25, 0.3) is 0 Å². The van der Waals surface area contributed by atoms with E-state index in [4.69, 9.17) is 5.73 Å². The van der Waals surface area contributed by atoms with Crippen molar-refractivity contribution in [2.24, 2.45) is 5.73 Å². The van der Waals surface area contributed by atoms with E-state index in [0.717, 1.165) is 0 Å². The van der Waals surface area contributed by atoms with Crippen molar-refractivity contribution in [3.05, 3.63) is 34.4 Å². The summed E-state index contributed by atoms with van der Waals surface area (Å²) in [6.45, 7) is 6.16. The van der Waals surface area contributed by atoms with Crippen molar-refractivity contribution in [2.75, 3.05) is 0 Å². The van der Waals surface area contributed by atoms with Crippen LogP contribution in [0.25, 0.3) is 0 Å². The number of aryl methyl sites for hydroxylation is 3. The molecule has 0 fully saturated rings. The molecule has 1 rings (SSSR count). The molecule has 0 aromatic heterocycles. The molecular formula is C12H16NO. The number of hydrogen-bond acceptors (Lipinski definition) is 2. The Kier molecular flexibility index (Phi) is 3.42. The monoisotopic (exact) mass is 190 g/mol. The van der Waals surface area contributed by atoms with Crippen LogP contribution in [-0.2, 0) is 11.2 Å². The summed E-state index contributed by atoms with van der Waals surface area (Å²) in [6.07, 6.45) is 2.40. The number of benzene rings is 1. The Hall–Kier alpha value is -1.15. The highest BCUT2D eigenvalue weighted by atomic mass is 16.1. The van der Waals surface area contributed by atoms with Crippen LogP contribution in [0.1, 0.15) is 22.3 Å². The summed E-state index contributed by atoms with van der Waals surface area (Å²) in [7, 11) is 0. The van der Waals surface area contributed by atoms with Crippen LogP contribution in [-0.4, -0.2) is 12.3 Å². The maximum Gasteiger partial charge on any atom is 0.217 e. The number of hydrogen-bond donors (Lipinski definition) is 1. The predicted octanol–water partition coefficient (Wildman–Crippen LogP) is 1.59. The first-order valence-electron chi connectivity index (χ1n) is 4.74. The molecule has 0 aliphatic rings. The molecule has 0 aliphatic heterocycles. The zero-order valence-corrected chi connectivity index (χ0v) is 8.92. The van der Waals surface area contributed by atoms with E-state index in [1.165, 1.54) is 22.3 Å². The fraction of sp³-hybridized carbons (Fsp3) is 0.417. The van der Waals surface area contributed by atoms with E-state index in [0.29, 0.717) is 6.42 Å². The third-order valence-corrected chi connectivity index (χ3v) is 2.42. The molecule has 0 spiro atoms. The normalized spacial score (nSPS) is 12.6. The minimum absolute atomic E-state index is 0.505. The van der Waals surface area contributed by atoms with Crippen LogP contribution in [0, 0.1) is 20.8 Å².